The lowest BCUT2D eigenvalue weighted by Gasteiger charge is -2.38. The maximum Gasteiger partial charge on any atom is 0.321 e. The number of nitrogens with one attached hydrogen (secondary N) is 2. The van der Waals surface area contributed by atoms with E-state index in [0.29, 0.717) is 23.4 Å². The molecule has 0 radical (unpaired) electrons. The largest absolute Gasteiger partial charge is 0.339 e. The summed E-state index contributed by atoms with van der Waals surface area (Å²) < 4.78 is 27.4. The summed E-state index contributed by atoms with van der Waals surface area (Å²) in [5, 5.41) is 15.6. The second-order valence-electron chi connectivity index (χ2n) is 11.9. The van der Waals surface area contributed by atoms with Crippen LogP contribution in [0.4, 0.5) is 8.78 Å². The standard InChI is InChI=1S/C27H32F2N6O3/c1-25(2,3)21(34-24(38)27(6,28)29)23(37)35-13-16-18(26(16,4)5)20(35)22(36)33-17(10-30)15-12-31-11-14-8-7-9-32-19(14)15/h7-9,11-12,16-18,20-21H,13H2,1-6H3,(H,33,36)(H,34,38)/t16-,17?,18-,20-,21+/m0/s1. The molecular weight excluding hydrogens is 494 g/mol. The number of nitriles is 1. The topological polar surface area (TPSA) is 128 Å². The molecule has 1 aliphatic heterocycles. The SMILES string of the molecule is CC(F)(F)C(=O)N[C@H](C(=O)N1C[C@H]2[C@@H]([C@H]1C(=O)NC(C#N)c1cncc3cccnc13)C2(C)C)C(C)(C)C. The maximum atomic E-state index is 13.7. The lowest BCUT2D eigenvalue weighted by atomic mass is 9.85. The van der Waals surface area contributed by atoms with Crippen molar-refractivity contribution >= 4 is 28.6 Å². The van der Waals surface area contributed by atoms with Crippen LogP contribution in [0.2, 0.25) is 0 Å². The number of pyridine rings is 2. The summed E-state index contributed by atoms with van der Waals surface area (Å²) in [6.45, 7) is 9.70. The van der Waals surface area contributed by atoms with Crippen molar-refractivity contribution in [2.75, 3.05) is 6.54 Å². The summed E-state index contributed by atoms with van der Waals surface area (Å²) in [5.74, 6) is -6.53. The first-order valence-corrected chi connectivity index (χ1v) is 12.5. The number of nitrogens with zero attached hydrogens (tertiary/aromatic N) is 4. The number of hydrogen-bond acceptors (Lipinski definition) is 6. The van der Waals surface area contributed by atoms with Crippen molar-refractivity contribution in [2.24, 2.45) is 22.7 Å². The van der Waals surface area contributed by atoms with Crippen LogP contribution < -0.4 is 10.6 Å². The summed E-state index contributed by atoms with van der Waals surface area (Å²) in [6.07, 6.45) is 4.66. The minimum Gasteiger partial charge on any atom is -0.339 e. The summed E-state index contributed by atoms with van der Waals surface area (Å²) in [7, 11) is 0. The van der Waals surface area contributed by atoms with Gasteiger partial charge < -0.3 is 15.5 Å². The van der Waals surface area contributed by atoms with E-state index < -0.39 is 47.2 Å². The molecular formula is C27H32F2N6O3. The van der Waals surface area contributed by atoms with Crippen molar-refractivity contribution in [1.82, 2.24) is 25.5 Å². The Morgan fingerprint density at radius 2 is 1.87 bits per heavy atom. The van der Waals surface area contributed by atoms with Crippen LogP contribution >= 0.6 is 0 Å². The number of alkyl halides is 2. The smallest absolute Gasteiger partial charge is 0.321 e. The molecule has 2 aliphatic rings. The second kappa shape index (κ2) is 9.26. The van der Waals surface area contributed by atoms with Gasteiger partial charge in [-0.1, -0.05) is 34.6 Å². The molecule has 11 heteroatoms. The summed E-state index contributed by atoms with van der Waals surface area (Å²) in [6, 6.07) is 2.33. The van der Waals surface area contributed by atoms with Crippen LogP contribution in [0.1, 0.15) is 53.1 Å². The van der Waals surface area contributed by atoms with Gasteiger partial charge in [0.25, 0.3) is 5.91 Å². The summed E-state index contributed by atoms with van der Waals surface area (Å²) in [4.78, 5) is 49.5. The van der Waals surface area contributed by atoms with Crippen LogP contribution in [-0.4, -0.2) is 57.1 Å². The molecule has 0 aromatic carbocycles. The van der Waals surface area contributed by atoms with Gasteiger partial charge in [-0.15, -0.1) is 0 Å². The predicted molar refractivity (Wildman–Crippen MR) is 134 cm³/mol. The third-order valence-electron chi connectivity index (χ3n) is 7.81. The Hall–Kier alpha value is -3.68. The number of rotatable bonds is 6. The molecule has 202 valence electrons. The van der Waals surface area contributed by atoms with E-state index in [4.69, 9.17) is 0 Å². The zero-order valence-corrected chi connectivity index (χ0v) is 22.3. The minimum atomic E-state index is -3.67. The molecule has 38 heavy (non-hydrogen) atoms. The lowest BCUT2D eigenvalue weighted by molar-refractivity contribution is -0.151. The van der Waals surface area contributed by atoms with E-state index in [-0.39, 0.29) is 23.8 Å². The van der Waals surface area contributed by atoms with Crippen molar-refractivity contribution in [3.63, 3.8) is 0 Å². The van der Waals surface area contributed by atoms with Gasteiger partial charge in [0.2, 0.25) is 11.8 Å². The maximum absolute atomic E-state index is 13.7. The fourth-order valence-electron chi connectivity index (χ4n) is 5.53. The third-order valence-corrected chi connectivity index (χ3v) is 7.81. The van der Waals surface area contributed by atoms with Crippen molar-refractivity contribution in [2.45, 2.75) is 65.6 Å². The van der Waals surface area contributed by atoms with Crippen molar-refractivity contribution in [3.8, 4) is 6.07 Å². The van der Waals surface area contributed by atoms with E-state index in [9.17, 15) is 28.4 Å². The van der Waals surface area contributed by atoms with Gasteiger partial charge in [-0.3, -0.25) is 24.4 Å². The van der Waals surface area contributed by atoms with E-state index in [1.165, 1.54) is 11.1 Å². The van der Waals surface area contributed by atoms with E-state index >= 15 is 0 Å². The van der Waals surface area contributed by atoms with Crippen LogP contribution in [0.15, 0.2) is 30.7 Å². The first-order valence-electron chi connectivity index (χ1n) is 12.5. The number of halogens is 2. The molecule has 4 rings (SSSR count). The van der Waals surface area contributed by atoms with Gasteiger partial charge in [-0.25, -0.2) is 0 Å². The van der Waals surface area contributed by atoms with Crippen molar-refractivity contribution < 1.29 is 23.2 Å². The van der Waals surface area contributed by atoms with Crippen molar-refractivity contribution in [3.05, 3.63) is 36.3 Å². The number of carbonyl (C=O) groups is 3. The number of likely N-dealkylation sites (tertiary alicyclic amines) is 1. The molecule has 0 spiro atoms. The highest BCUT2D eigenvalue weighted by Gasteiger charge is 2.70. The Kier molecular flexibility index (Phi) is 6.66. The summed E-state index contributed by atoms with van der Waals surface area (Å²) in [5.41, 5.74) is -0.183. The molecule has 3 heterocycles. The number of hydrogen-bond donors (Lipinski definition) is 2. The lowest BCUT2D eigenvalue weighted by Crippen LogP contribution is -2.60. The average Bonchev–Trinajstić information content (AvgIpc) is 3.16. The molecule has 2 aromatic rings. The number of piperidine rings is 1. The normalized spacial score (nSPS) is 23.7. The second-order valence-corrected chi connectivity index (χ2v) is 11.9. The van der Waals surface area contributed by atoms with Crippen LogP contribution in [0.5, 0.6) is 0 Å². The number of aromatic nitrogens is 2. The van der Waals surface area contributed by atoms with Gasteiger partial charge >= 0.3 is 5.92 Å². The highest BCUT2D eigenvalue weighted by molar-refractivity contribution is 5.95. The Bertz CT molecular complexity index is 1320. The molecule has 3 amide bonds. The van der Waals surface area contributed by atoms with Gasteiger partial charge in [0, 0.05) is 43.0 Å². The molecule has 1 saturated carbocycles. The van der Waals surface area contributed by atoms with Gasteiger partial charge in [0.1, 0.15) is 18.1 Å². The van der Waals surface area contributed by atoms with Gasteiger partial charge in [0.15, 0.2) is 0 Å². The highest BCUT2D eigenvalue weighted by atomic mass is 19.3. The fraction of sp³-hybridized carbons (Fsp3) is 0.556. The molecule has 1 unspecified atom stereocenters. The van der Waals surface area contributed by atoms with Gasteiger partial charge in [-0.2, -0.15) is 14.0 Å². The van der Waals surface area contributed by atoms with Crippen LogP contribution in [0.25, 0.3) is 10.9 Å². The highest BCUT2D eigenvalue weighted by Crippen LogP contribution is 2.65. The molecule has 2 N–H and O–H groups in total. The molecule has 1 saturated heterocycles. The molecule has 0 bridgehead atoms. The van der Waals surface area contributed by atoms with E-state index in [0.717, 1.165) is 0 Å². The van der Waals surface area contributed by atoms with Crippen LogP contribution in [0, 0.1) is 34.0 Å². The third kappa shape index (κ3) is 4.79. The predicted octanol–water partition coefficient (Wildman–Crippen LogP) is 2.98. The molecule has 2 fully saturated rings. The van der Waals surface area contributed by atoms with E-state index in [1.54, 1.807) is 45.3 Å². The Labute approximate surface area is 220 Å². The average molecular weight is 527 g/mol. The molecule has 5 atom stereocenters. The molecule has 2 aromatic heterocycles. The van der Waals surface area contributed by atoms with E-state index in [1.807, 2.05) is 13.8 Å². The molecule has 9 nitrogen and oxygen atoms in total. The Balaban J connectivity index is 1.63. The number of carbonyl (C=O) groups excluding carboxylic acids is 3. The van der Waals surface area contributed by atoms with Crippen LogP contribution in [-0.2, 0) is 14.4 Å². The van der Waals surface area contributed by atoms with E-state index in [2.05, 4.69) is 26.7 Å². The first kappa shape index (κ1) is 27.4. The van der Waals surface area contributed by atoms with Gasteiger partial charge in [-0.05, 0) is 34.8 Å². The van der Waals surface area contributed by atoms with Crippen molar-refractivity contribution in [1.29, 1.82) is 5.26 Å². The quantitative estimate of drug-likeness (QED) is 0.596. The molecule has 1 aliphatic carbocycles. The number of amides is 3. The fourth-order valence-corrected chi connectivity index (χ4v) is 5.53. The van der Waals surface area contributed by atoms with Crippen LogP contribution in [0.3, 0.4) is 0 Å². The van der Waals surface area contributed by atoms with Gasteiger partial charge in [0.05, 0.1) is 11.6 Å². The Morgan fingerprint density at radius 3 is 2.47 bits per heavy atom. The first-order chi connectivity index (χ1) is 17.6. The monoisotopic (exact) mass is 526 g/mol. The summed E-state index contributed by atoms with van der Waals surface area (Å²) >= 11 is 0. The zero-order valence-electron chi connectivity index (χ0n) is 22.3. The number of fused-ring (bicyclic) bond motifs is 2. The zero-order chi connectivity index (χ0) is 28.2. The minimum absolute atomic E-state index is 0.0209. The Morgan fingerprint density at radius 1 is 1.18 bits per heavy atom.